The van der Waals surface area contributed by atoms with Crippen LogP contribution in [0.1, 0.15) is 143 Å². The number of unbranched alkanes of at least 4 members (excludes halogenated alkanes) is 4. The van der Waals surface area contributed by atoms with Gasteiger partial charge in [0.05, 0.1) is 11.2 Å². The number of phosphoric ester groups is 1. The topological polar surface area (TPSA) is 150 Å². The molecule has 0 radical (unpaired) electrons. The van der Waals surface area contributed by atoms with Gasteiger partial charge in [0.2, 0.25) is 11.8 Å². The van der Waals surface area contributed by atoms with E-state index in [0.717, 1.165) is 38.5 Å². The van der Waals surface area contributed by atoms with Crippen molar-refractivity contribution in [2.24, 2.45) is 0 Å². The quantitative estimate of drug-likeness (QED) is 0.0676. The molecule has 0 unspecified atom stereocenters. The van der Waals surface area contributed by atoms with E-state index in [-0.39, 0.29) is 30.9 Å². The van der Waals surface area contributed by atoms with E-state index >= 15 is 0 Å². The van der Waals surface area contributed by atoms with Gasteiger partial charge in [0, 0.05) is 31.5 Å². The van der Waals surface area contributed by atoms with Gasteiger partial charge in [-0.2, -0.15) is 0 Å². The molecule has 314 valence electrons. The molecule has 0 saturated carbocycles. The van der Waals surface area contributed by atoms with Crippen molar-refractivity contribution >= 4 is 31.5 Å². The Labute approximate surface area is 335 Å². The van der Waals surface area contributed by atoms with Crippen LogP contribution in [0.2, 0.25) is 0 Å². The minimum absolute atomic E-state index is 0.0241. The molecule has 0 aromatic heterocycles. The average molecular weight is 802 g/mol. The second kappa shape index (κ2) is 22.3. The zero-order valence-corrected chi connectivity index (χ0v) is 36.6. The Morgan fingerprint density at radius 2 is 1.23 bits per heavy atom. The van der Waals surface area contributed by atoms with Gasteiger partial charge < -0.3 is 24.8 Å². The average Bonchev–Trinajstić information content (AvgIpc) is 3.07. The zero-order valence-electron chi connectivity index (χ0n) is 35.7. The van der Waals surface area contributed by atoms with E-state index in [9.17, 15) is 23.7 Å². The summed E-state index contributed by atoms with van der Waals surface area (Å²) in [6.45, 7) is 21.1. The minimum Gasteiger partial charge on any atom is -0.460 e. The van der Waals surface area contributed by atoms with E-state index in [1.807, 2.05) is 0 Å². The highest BCUT2D eigenvalue weighted by molar-refractivity contribution is 7.49. The molecule has 2 atom stereocenters. The molecule has 0 saturated heterocycles. The van der Waals surface area contributed by atoms with E-state index in [4.69, 9.17) is 18.3 Å². The number of hydrogen-bond acceptors (Lipinski definition) is 9. The van der Waals surface area contributed by atoms with Crippen molar-refractivity contribution in [1.82, 2.24) is 15.5 Å². The number of carbonyl (C=O) groups is 4. The van der Waals surface area contributed by atoms with Crippen LogP contribution in [-0.4, -0.2) is 70.6 Å². The van der Waals surface area contributed by atoms with Gasteiger partial charge in [0.1, 0.15) is 23.4 Å². The maximum atomic E-state index is 14.3. The lowest BCUT2D eigenvalue weighted by Crippen LogP contribution is -2.55. The molecule has 2 rings (SSSR count). The normalized spacial score (nSPS) is 13.3. The van der Waals surface area contributed by atoms with E-state index < -0.39 is 54.5 Å². The molecule has 0 aliphatic heterocycles. The first-order valence-corrected chi connectivity index (χ1v) is 21.5. The minimum atomic E-state index is -4.06. The lowest BCUT2D eigenvalue weighted by Gasteiger charge is -2.30. The predicted molar refractivity (Wildman–Crippen MR) is 220 cm³/mol. The number of nitrogens with zero attached hydrogens (tertiary/aromatic N) is 1. The van der Waals surface area contributed by atoms with Crippen LogP contribution in [0.5, 0.6) is 5.75 Å². The fourth-order valence-electron chi connectivity index (χ4n) is 5.66. The number of nitrogens with one attached hydrogen (secondary N) is 2. The molecule has 13 heteroatoms. The van der Waals surface area contributed by atoms with Crippen molar-refractivity contribution in [3.8, 4) is 5.75 Å². The van der Waals surface area contributed by atoms with Gasteiger partial charge in [-0.25, -0.2) is 4.57 Å². The van der Waals surface area contributed by atoms with Crippen molar-refractivity contribution < 1.29 is 42.1 Å². The number of amides is 3. The first-order valence-electron chi connectivity index (χ1n) is 20.0. The number of rotatable bonds is 22. The number of benzene rings is 2. The van der Waals surface area contributed by atoms with E-state index in [1.54, 1.807) is 122 Å². The van der Waals surface area contributed by atoms with E-state index in [2.05, 4.69) is 24.5 Å². The smallest absolute Gasteiger partial charge is 0.460 e. The summed E-state index contributed by atoms with van der Waals surface area (Å²) in [7, 11) is -4.06. The lowest BCUT2D eigenvalue weighted by atomic mass is 10.0. The summed E-state index contributed by atoms with van der Waals surface area (Å²) in [5, 5.41) is 5.77. The third-order valence-corrected chi connectivity index (χ3v) is 10.0. The van der Waals surface area contributed by atoms with Crippen LogP contribution >= 0.6 is 7.82 Å². The Bertz CT molecular complexity index is 1550. The van der Waals surface area contributed by atoms with Gasteiger partial charge in [-0.3, -0.25) is 28.2 Å². The number of phosphoric acid groups is 1. The third-order valence-electron chi connectivity index (χ3n) is 8.06. The molecule has 2 aromatic carbocycles. The number of hydrogen-bond donors (Lipinski definition) is 2. The van der Waals surface area contributed by atoms with Gasteiger partial charge in [0.15, 0.2) is 0 Å². The highest BCUT2D eigenvalue weighted by atomic mass is 31.2. The Hall–Kier alpha value is -3.73. The zero-order chi connectivity index (χ0) is 42.2. The molecule has 0 fully saturated rings. The maximum Gasteiger partial charge on any atom is 0.531 e. The summed E-state index contributed by atoms with van der Waals surface area (Å²) in [6.07, 6.45) is 5.49. The van der Waals surface area contributed by atoms with Crippen LogP contribution < -0.4 is 15.2 Å². The van der Waals surface area contributed by atoms with Crippen molar-refractivity contribution in [1.29, 1.82) is 0 Å². The summed E-state index contributed by atoms with van der Waals surface area (Å²) in [6, 6.07) is 12.9. The summed E-state index contributed by atoms with van der Waals surface area (Å²) < 4.78 is 36.6. The fraction of sp³-hybridized carbons (Fsp3) is 0.628. The first kappa shape index (κ1) is 48.4. The van der Waals surface area contributed by atoms with Crippen molar-refractivity contribution in [2.45, 2.75) is 163 Å². The highest BCUT2D eigenvalue weighted by Gasteiger charge is 2.39. The van der Waals surface area contributed by atoms with E-state index in [1.165, 1.54) is 0 Å². The number of ether oxygens (including phenoxy) is 1. The molecular formula is C43H68N3O9P. The summed E-state index contributed by atoms with van der Waals surface area (Å²) in [5.74, 6) is -1.58. The SMILES string of the molecule is CCCCCN(CCCCC)C(=O)[C@H](CCC(=O)OC(C)(C)C)NC(=O)[C@H](Cc1ccc(OP(=O)(OC(C)(C)C)OC(C)(C)C)cc1)NC(=O)c1ccccc1. The summed E-state index contributed by atoms with van der Waals surface area (Å²) >= 11 is 0. The Balaban J connectivity index is 2.45. The van der Waals surface area contributed by atoms with Gasteiger partial charge in [-0.05, 0) is 111 Å². The molecule has 56 heavy (non-hydrogen) atoms. The third kappa shape index (κ3) is 19.4. The van der Waals surface area contributed by atoms with Gasteiger partial charge in [-0.15, -0.1) is 0 Å². The Kier molecular flexibility index (Phi) is 19.3. The van der Waals surface area contributed by atoms with Gasteiger partial charge >= 0.3 is 13.8 Å². The van der Waals surface area contributed by atoms with Crippen LogP contribution in [-0.2, 0) is 39.2 Å². The summed E-state index contributed by atoms with van der Waals surface area (Å²) in [5.41, 5.74) is -1.36. The molecular weight excluding hydrogens is 733 g/mol. The van der Waals surface area contributed by atoms with Crippen LogP contribution in [0.15, 0.2) is 54.6 Å². The van der Waals surface area contributed by atoms with Crippen molar-refractivity contribution in [2.75, 3.05) is 13.1 Å². The highest BCUT2D eigenvalue weighted by Crippen LogP contribution is 2.55. The second-order valence-electron chi connectivity index (χ2n) is 17.1. The Morgan fingerprint density at radius 1 is 0.696 bits per heavy atom. The fourth-order valence-corrected chi connectivity index (χ4v) is 7.49. The lowest BCUT2D eigenvalue weighted by molar-refractivity contribution is -0.155. The monoisotopic (exact) mass is 801 g/mol. The Morgan fingerprint density at radius 3 is 1.71 bits per heavy atom. The molecule has 0 bridgehead atoms. The van der Waals surface area contributed by atoms with Crippen LogP contribution in [0.4, 0.5) is 0 Å². The van der Waals surface area contributed by atoms with Crippen molar-refractivity contribution in [3.63, 3.8) is 0 Å². The number of esters is 1. The van der Waals surface area contributed by atoms with Crippen molar-refractivity contribution in [3.05, 3.63) is 65.7 Å². The van der Waals surface area contributed by atoms with Gasteiger partial charge in [-0.1, -0.05) is 69.9 Å². The first-order chi connectivity index (χ1) is 26.0. The van der Waals surface area contributed by atoms with E-state index in [0.29, 0.717) is 24.2 Å². The molecule has 0 aliphatic carbocycles. The number of carbonyl (C=O) groups excluding carboxylic acids is 4. The molecule has 2 N–H and O–H groups in total. The van der Waals surface area contributed by atoms with Gasteiger partial charge in [0.25, 0.3) is 5.91 Å². The standard InChI is InChI=1S/C43H68N3O9P/c1-12-14-19-29-46(30-20-15-13-2)40(50)35(27-28-37(47)52-41(3,4)5)44-39(49)36(45-38(48)33-21-17-16-18-22-33)31-32-23-25-34(26-24-32)53-56(51,54-42(6,7)8)55-43(9,10)11/h16-18,21-26,35-36H,12-15,19-20,27-31H2,1-11H3,(H,44,49)(H,45,48)/t35-,36-/m0/s1. The molecule has 0 heterocycles. The molecule has 2 aromatic rings. The molecule has 12 nitrogen and oxygen atoms in total. The van der Waals surface area contributed by atoms with Crippen LogP contribution in [0, 0.1) is 0 Å². The second-order valence-corrected chi connectivity index (χ2v) is 18.6. The largest absolute Gasteiger partial charge is 0.531 e. The summed E-state index contributed by atoms with van der Waals surface area (Å²) in [4.78, 5) is 56.6. The molecule has 0 aliphatic rings. The maximum absolute atomic E-state index is 14.3. The molecule has 0 spiro atoms. The van der Waals surface area contributed by atoms with Crippen LogP contribution in [0.25, 0.3) is 0 Å². The molecule has 3 amide bonds. The van der Waals surface area contributed by atoms with Crippen LogP contribution in [0.3, 0.4) is 0 Å². The predicted octanol–water partition coefficient (Wildman–Crippen LogP) is 8.96.